The predicted molar refractivity (Wildman–Crippen MR) is 106 cm³/mol. The Balaban J connectivity index is 2.41. The molecule has 1 atom stereocenters. The Bertz CT molecular complexity index is 729. The van der Waals surface area contributed by atoms with Crippen LogP contribution in [0.2, 0.25) is 0 Å². The van der Waals surface area contributed by atoms with Crippen LogP contribution in [0, 0.1) is 5.82 Å². The van der Waals surface area contributed by atoms with Gasteiger partial charge in [0.2, 0.25) is 21.8 Å². The van der Waals surface area contributed by atoms with Crippen LogP contribution in [0.4, 0.5) is 4.39 Å². The fraction of sp³-hybridized carbons (Fsp3) is 0.529. The van der Waals surface area contributed by atoms with E-state index in [4.69, 9.17) is 0 Å². The molecule has 1 unspecified atom stereocenters. The summed E-state index contributed by atoms with van der Waals surface area (Å²) in [4.78, 5) is 24.0. The van der Waals surface area contributed by atoms with Crippen LogP contribution in [-0.2, 0) is 26.0 Å². The second-order valence-corrected chi connectivity index (χ2v) is 8.83. The summed E-state index contributed by atoms with van der Waals surface area (Å²) in [5.41, 5.74) is 0.558. The van der Waals surface area contributed by atoms with E-state index in [0.29, 0.717) is 17.7 Å². The lowest BCUT2D eigenvalue weighted by molar-refractivity contribution is -0.123. The summed E-state index contributed by atoms with van der Waals surface area (Å²) in [6.45, 7) is 1.85. The van der Waals surface area contributed by atoms with Crippen molar-refractivity contribution in [2.45, 2.75) is 25.8 Å². The Morgan fingerprint density at radius 2 is 1.93 bits per heavy atom. The molecule has 0 aliphatic heterocycles. The third kappa shape index (κ3) is 9.73. The lowest BCUT2D eigenvalue weighted by Crippen LogP contribution is -2.48. The Hall–Kier alpha value is -1.65. The molecule has 0 fully saturated rings. The maximum atomic E-state index is 13.1. The molecule has 3 N–H and O–H groups in total. The summed E-state index contributed by atoms with van der Waals surface area (Å²) in [5.74, 6) is -0.597. The monoisotopic (exact) mass is 419 g/mol. The highest BCUT2D eigenvalue weighted by atomic mass is 32.2. The van der Waals surface area contributed by atoms with E-state index in [9.17, 15) is 22.4 Å². The first-order chi connectivity index (χ1) is 12.8. The fourth-order valence-electron chi connectivity index (χ4n) is 2.18. The molecule has 1 rings (SSSR count). The average Bonchev–Trinajstić information content (AvgIpc) is 2.62. The normalized spacial score (nSPS) is 12.4. The Morgan fingerprint density at radius 3 is 2.56 bits per heavy atom. The number of hydrogen-bond donors (Lipinski definition) is 3. The molecule has 0 radical (unpaired) electrons. The SMILES string of the molecule is CCS(=O)(=O)NC(CCSC)C(=O)NCCNC(=O)Cc1cccc(F)c1. The van der Waals surface area contributed by atoms with Crippen molar-refractivity contribution >= 4 is 33.6 Å². The number of nitrogens with one attached hydrogen (secondary N) is 3. The predicted octanol–water partition coefficient (Wildman–Crippen LogP) is 0.662. The first-order valence-corrected chi connectivity index (χ1v) is 11.6. The van der Waals surface area contributed by atoms with Gasteiger partial charge in [-0.2, -0.15) is 11.8 Å². The van der Waals surface area contributed by atoms with Crippen molar-refractivity contribution in [3.05, 3.63) is 35.6 Å². The van der Waals surface area contributed by atoms with Crippen LogP contribution in [0.15, 0.2) is 24.3 Å². The molecule has 1 aromatic rings. The standard InChI is InChI=1S/C17H26FN3O4S2/c1-3-27(24,25)21-15(7-10-26-2)17(23)20-9-8-19-16(22)12-13-5-4-6-14(18)11-13/h4-6,11,15,21H,3,7-10,12H2,1-2H3,(H,19,22)(H,20,23). The number of amides is 2. The number of hydrogen-bond acceptors (Lipinski definition) is 5. The second-order valence-electron chi connectivity index (χ2n) is 5.80. The highest BCUT2D eigenvalue weighted by Crippen LogP contribution is 2.04. The molecule has 1 aromatic carbocycles. The molecule has 10 heteroatoms. The fourth-order valence-corrected chi connectivity index (χ4v) is 3.48. The van der Waals surface area contributed by atoms with E-state index in [2.05, 4.69) is 15.4 Å². The Kier molecular flexibility index (Phi) is 10.3. The number of rotatable bonds is 12. The van der Waals surface area contributed by atoms with Crippen LogP contribution in [0.25, 0.3) is 0 Å². The van der Waals surface area contributed by atoms with Crippen LogP contribution in [0.1, 0.15) is 18.9 Å². The Morgan fingerprint density at radius 1 is 1.22 bits per heavy atom. The van der Waals surface area contributed by atoms with Gasteiger partial charge in [0, 0.05) is 13.1 Å². The van der Waals surface area contributed by atoms with Gasteiger partial charge in [0.1, 0.15) is 11.9 Å². The molecule has 27 heavy (non-hydrogen) atoms. The van der Waals surface area contributed by atoms with E-state index >= 15 is 0 Å². The third-order valence-corrected chi connectivity index (χ3v) is 5.68. The van der Waals surface area contributed by atoms with Crippen molar-refractivity contribution in [1.82, 2.24) is 15.4 Å². The first-order valence-electron chi connectivity index (χ1n) is 8.55. The minimum atomic E-state index is -3.50. The van der Waals surface area contributed by atoms with Gasteiger partial charge in [-0.1, -0.05) is 12.1 Å². The van der Waals surface area contributed by atoms with Gasteiger partial charge < -0.3 is 10.6 Å². The molecular formula is C17H26FN3O4S2. The number of carbonyl (C=O) groups excluding carboxylic acids is 2. The van der Waals surface area contributed by atoms with E-state index in [1.807, 2.05) is 6.26 Å². The second kappa shape index (κ2) is 11.9. The average molecular weight is 420 g/mol. The van der Waals surface area contributed by atoms with Crippen LogP contribution in [0.5, 0.6) is 0 Å². The van der Waals surface area contributed by atoms with Gasteiger partial charge in [-0.15, -0.1) is 0 Å². The maximum absolute atomic E-state index is 13.1. The van der Waals surface area contributed by atoms with Gasteiger partial charge in [0.15, 0.2) is 0 Å². The first kappa shape index (κ1) is 23.4. The van der Waals surface area contributed by atoms with Crippen LogP contribution in [-0.4, -0.2) is 57.1 Å². The molecule has 0 aromatic heterocycles. The number of thioether (sulfide) groups is 1. The van der Waals surface area contributed by atoms with Crippen molar-refractivity contribution in [2.75, 3.05) is 30.9 Å². The van der Waals surface area contributed by atoms with Crippen molar-refractivity contribution in [2.24, 2.45) is 0 Å². The zero-order valence-electron chi connectivity index (χ0n) is 15.5. The zero-order valence-corrected chi connectivity index (χ0v) is 17.1. The molecule has 7 nitrogen and oxygen atoms in total. The number of carbonyl (C=O) groups is 2. The molecule has 2 amide bonds. The smallest absolute Gasteiger partial charge is 0.238 e. The molecular weight excluding hydrogens is 393 g/mol. The lowest BCUT2D eigenvalue weighted by atomic mass is 10.1. The minimum absolute atomic E-state index is 0.0400. The summed E-state index contributed by atoms with van der Waals surface area (Å²) < 4.78 is 38.9. The third-order valence-electron chi connectivity index (χ3n) is 3.63. The largest absolute Gasteiger partial charge is 0.354 e. The van der Waals surface area contributed by atoms with Crippen molar-refractivity contribution in [3.8, 4) is 0 Å². The number of sulfonamides is 1. The van der Waals surface area contributed by atoms with Crippen molar-refractivity contribution < 1.29 is 22.4 Å². The van der Waals surface area contributed by atoms with Gasteiger partial charge in [-0.3, -0.25) is 9.59 Å². The minimum Gasteiger partial charge on any atom is -0.354 e. The van der Waals surface area contributed by atoms with Crippen molar-refractivity contribution in [3.63, 3.8) is 0 Å². The van der Waals surface area contributed by atoms with Crippen LogP contribution in [0.3, 0.4) is 0 Å². The van der Waals surface area contributed by atoms with Gasteiger partial charge in [-0.25, -0.2) is 17.5 Å². The van der Waals surface area contributed by atoms with E-state index in [-0.39, 0.29) is 31.2 Å². The molecule has 0 saturated carbocycles. The van der Waals surface area contributed by atoms with Crippen LogP contribution < -0.4 is 15.4 Å². The molecule has 0 heterocycles. The van der Waals surface area contributed by atoms with Gasteiger partial charge in [-0.05, 0) is 43.0 Å². The highest BCUT2D eigenvalue weighted by molar-refractivity contribution is 7.98. The molecule has 0 saturated heterocycles. The topological polar surface area (TPSA) is 104 Å². The number of benzene rings is 1. The van der Waals surface area contributed by atoms with E-state index in [1.54, 1.807) is 6.07 Å². The molecule has 0 spiro atoms. The summed E-state index contributed by atoms with van der Waals surface area (Å²) in [6.07, 6.45) is 2.29. The summed E-state index contributed by atoms with van der Waals surface area (Å²) in [6, 6.07) is 4.94. The van der Waals surface area contributed by atoms with Gasteiger partial charge >= 0.3 is 0 Å². The molecule has 0 aliphatic rings. The zero-order chi connectivity index (χ0) is 20.3. The van der Waals surface area contributed by atoms with Crippen molar-refractivity contribution in [1.29, 1.82) is 0 Å². The Labute approximate surface area is 163 Å². The maximum Gasteiger partial charge on any atom is 0.238 e. The number of halogens is 1. The summed E-state index contributed by atoms with van der Waals surface area (Å²) >= 11 is 1.52. The van der Waals surface area contributed by atoms with Crippen LogP contribution >= 0.6 is 11.8 Å². The summed E-state index contributed by atoms with van der Waals surface area (Å²) in [5, 5.41) is 5.25. The van der Waals surface area contributed by atoms with Gasteiger partial charge in [0.05, 0.1) is 12.2 Å². The van der Waals surface area contributed by atoms with Gasteiger partial charge in [0.25, 0.3) is 0 Å². The van der Waals surface area contributed by atoms with E-state index in [1.165, 1.54) is 36.9 Å². The highest BCUT2D eigenvalue weighted by Gasteiger charge is 2.22. The molecule has 0 bridgehead atoms. The van der Waals surface area contributed by atoms with E-state index < -0.39 is 27.8 Å². The lowest BCUT2D eigenvalue weighted by Gasteiger charge is -2.17. The summed E-state index contributed by atoms with van der Waals surface area (Å²) in [7, 11) is -3.50. The molecule has 152 valence electrons. The quantitative estimate of drug-likeness (QED) is 0.432. The van der Waals surface area contributed by atoms with E-state index in [0.717, 1.165) is 0 Å². The molecule has 0 aliphatic carbocycles.